The van der Waals surface area contributed by atoms with Crippen molar-refractivity contribution in [2.75, 3.05) is 11.5 Å². The van der Waals surface area contributed by atoms with E-state index in [2.05, 4.69) is 5.73 Å². The quantitative estimate of drug-likeness (QED) is 0.491. The van der Waals surface area contributed by atoms with Crippen LogP contribution in [0.15, 0.2) is 53.9 Å². The number of carbonyl (C=O) groups is 1. The van der Waals surface area contributed by atoms with Gasteiger partial charge in [-0.15, -0.1) is 0 Å². The molecule has 0 aromatic heterocycles. The van der Waals surface area contributed by atoms with Crippen LogP contribution in [0, 0.1) is 0 Å². The van der Waals surface area contributed by atoms with Crippen molar-refractivity contribution in [1.82, 2.24) is 0 Å². The molecule has 2 aromatic carbocycles. The van der Waals surface area contributed by atoms with E-state index in [4.69, 9.17) is 4.74 Å². The maximum Gasteiger partial charge on any atom is 0.416 e. The molecule has 0 saturated heterocycles. The summed E-state index contributed by atoms with van der Waals surface area (Å²) in [6.07, 6.45) is -2.22. The second kappa shape index (κ2) is 7.33. The van der Waals surface area contributed by atoms with Crippen LogP contribution in [0.2, 0.25) is 0 Å². The van der Waals surface area contributed by atoms with E-state index < -0.39 is 17.7 Å². The molecule has 0 fully saturated rings. The topological polar surface area (TPSA) is 29.5 Å². The zero-order valence-electron chi connectivity index (χ0n) is 14.9. The van der Waals surface area contributed by atoms with Crippen LogP contribution in [0.4, 0.5) is 24.5 Å². The third-order valence-electron chi connectivity index (χ3n) is 4.21. The van der Waals surface area contributed by atoms with E-state index in [9.17, 15) is 18.0 Å². The number of carbonyl (C=O) groups excluding carboxylic acids is 1. The maximum absolute atomic E-state index is 13.0. The minimum atomic E-state index is -4.41. The summed E-state index contributed by atoms with van der Waals surface area (Å²) in [7, 11) is 0. The molecule has 0 atom stereocenters. The van der Waals surface area contributed by atoms with Crippen LogP contribution in [-0.4, -0.2) is 12.6 Å². The number of allylic oxidation sites excluding steroid dienone is 1. The molecular weight excluding hydrogens is 355 g/mol. The number of hydrogen-bond acceptors (Lipinski definition) is 3. The first-order valence-corrected chi connectivity index (χ1v) is 8.59. The highest BCUT2D eigenvalue weighted by atomic mass is 19.4. The number of alkyl halides is 3. The molecule has 3 nitrogen and oxygen atoms in total. The van der Waals surface area contributed by atoms with E-state index in [0.717, 1.165) is 17.8 Å². The van der Waals surface area contributed by atoms with Crippen LogP contribution in [-0.2, 0) is 10.9 Å². The van der Waals surface area contributed by atoms with Crippen molar-refractivity contribution < 1.29 is 22.7 Å². The second-order valence-electron chi connectivity index (χ2n) is 5.97. The lowest BCUT2D eigenvalue weighted by atomic mass is 10.0. The van der Waals surface area contributed by atoms with Crippen molar-refractivity contribution in [2.24, 2.45) is 0 Å². The fraction of sp³-hybridized carbons (Fsp3) is 0.238. The smallest absolute Gasteiger partial charge is 0.416 e. The Morgan fingerprint density at radius 3 is 2.59 bits per heavy atom. The average molecular weight is 373 g/mol. The minimum Gasteiger partial charge on any atom is -0.462 e. The largest absolute Gasteiger partial charge is 0.462 e. The predicted molar refractivity (Wildman–Crippen MR) is 97.8 cm³/mol. The molecule has 0 amide bonds. The summed E-state index contributed by atoms with van der Waals surface area (Å²) in [6, 6.07) is 10.4. The standard InChI is InChI=1S/C21H18F3NO2/c1-3-17-10-8-14-12-16(21(22,23)24)9-11-19(14)25(17)18-7-5-6-15(13-18)20(26)27-4-2/h5-9,11-13H,3-4H2,1-2H3. The Morgan fingerprint density at radius 1 is 1.15 bits per heavy atom. The van der Waals surface area contributed by atoms with Gasteiger partial charge in [-0.1, -0.05) is 18.7 Å². The van der Waals surface area contributed by atoms with Crippen molar-refractivity contribution in [3.63, 3.8) is 0 Å². The lowest BCUT2D eigenvalue weighted by Gasteiger charge is -2.30. The molecule has 0 radical (unpaired) electrons. The van der Waals surface area contributed by atoms with E-state index in [0.29, 0.717) is 28.9 Å². The molecule has 1 heterocycles. The highest BCUT2D eigenvalue weighted by Gasteiger charge is 2.32. The van der Waals surface area contributed by atoms with Gasteiger partial charge in [-0.2, -0.15) is 13.2 Å². The van der Waals surface area contributed by atoms with E-state index in [1.807, 2.05) is 11.8 Å². The van der Waals surface area contributed by atoms with Crippen molar-refractivity contribution in [3.8, 4) is 0 Å². The monoisotopic (exact) mass is 373 g/mol. The van der Waals surface area contributed by atoms with Crippen LogP contribution in [0.1, 0.15) is 41.8 Å². The Bertz CT molecular complexity index is 941. The molecule has 6 heteroatoms. The summed E-state index contributed by atoms with van der Waals surface area (Å²) < 4.78 is 44.1. The highest BCUT2D eigenvalue weighted by Crippen LogP contribution is 2.40. The van der Waals surface area contributed by atoms with Gasteiger partial charge >= 0.3 is 12.1 Å². The number of esters is 1. The van der Waals surface area contributed by atoms with Crippen LogP contribution in [0.5, 0.6) is 0 Å². The van der Waals surface area contributed by atoms with E-state index in [1.54, 1.807) is 37.3 Å². The van der Waals surface area contributed by atoms with Crippen molar-refractivity contribution >= 4 is 23.4 Å². The Hall–Kier alpha value is -2.98. The summed E-state index contributed by atoms with van der Waals surface area (Å²) >= 11 is 0. The minimum absolute atomic E-state index is 0.263. The number of hydrogen-bond donors (Lipinski definition) is 0. The molecule has 2 aromatic rings. The van der Waals surface area contributed by atoms with Gasteiger partial charge in [0.2, 0.25) is 0 Å². The molecule has 0 aliphatic carbocycles. The molecule has 0 saturated carbocycles. The lowest BCUT2D eigenvalue weighted by molar-refractivity contribution is -0.137. The van der Waals surface area contributed by atoms with Crippen LogP contribution in [0.3, 0.4) is 0 Å². The summed E-state index contributed by atoms with van der Waals surface area (Å²) in [5.41, 5.74) is 5.22. The normalized spacial score (nSPS) is 13.2. The highest BCUT2D eigenvalue weighted by molar-refractivity contribution is 5.91. The fourth-order valence-corrected chi connectivity index (χ4v) is 2.96. The zero-order chi connectivity index (χ0) is 19.6. The summed E-state index contributed by atoms with van der Waals surface area (Å²) in [5.74, 6) is -0.443. The predicted octanol–water partition coefficient (Wildman–Crippen LogP) is 5.94. The third-order valence-corrected chi connectivity index (χ3v) is 4.21. The molecule has 0 spiro atoms. The average Bonchev–Trinajstić information content (AvgIpc) is 2.66. The van der Waals surface area contributed by atoms with E-state index in [-0.39, 0.29) is 6.61 Å². The molecule has 1 aliphatic heterocycles. The van der Waals surface area contributed by atoms with Crippen molar-refractivity contribution in [3.05, 3.63) is 70.6 Å². The number of nitrogens with zero attached hydrogens (tertiary/aromatic N) is 1. The van der Waals surface area contributed by atoms with E-state index in [1.165, 1.54) is 6.07 Å². The first-order valence-electron chi connectivity index (χ1n) is 8.59. The van der Waals surface area contributed by atoms with Gasteiger partial charge < -0.3 is 9.64 Å². The van der Waals surface area contributed by atoms with Gasteiger partial charge in [0, 0.05) is 11.3 Å². The Kier molecular flexibility index (Phi) is 5.10. The lowest BCUT2D eigenvalue weighted by Crippen LogP contribution is -2.19. The van der Waals surface area contributed by atoms with Crippen LogP contribution in [0.25, 0.3) is 6.08 Å². The van der Waals surface area contributed by atoms with Gasteiger partial charge in [0.05, 0.1) is 29.1 Å². The number of ether oxygens (including phenoxy) is 1. The summed E-state index contributed by atoms with van der Waals surface area (Å²) in [6.45, 7) is 3.93. The first-order chi connectivity index (χ1) is 12.8. The Morgan fingerprint density at radius 2 is 1.93 bits per heavy atom. The second-order valence-corrected chi connectivity index (χ2v) is 5.97. The molecular formula is C21H18F3NO2. The molecule has 0 N–H and O–H groups in total. The summed E-state index contributed by atoms with van der Waals surface area (Å²) in [4.78, 5) is 13.9. The van der Waals surface area contributed by atoms with Gasteiger partial charge in [0.1, 0.15) is 0 Å². The fourth-order valence-electron chi connectivity index (χ4n) is 2.96. The molecule has 27 heavy (non-hydrogen) atoms. The van der Waals surface area contributed by atoms with Gasteiger partial charge in [0.25, 0.3) is 0 Å². The zero-order valence-corrected chi connectivity index (χ0v) is 14.9. The van der Waals surface area contributed by atoms with Gasteiger partial charge in [-0.05, 0) is 55.8 Å². The third kappa shape index (κ3) is 3.76. The molecule has 0 bridgehead atoms. The SMILES string of the molecule is CCOC(=O)c1cccc(N2C(CC)=C=Cc3cc(C(F)(F)F)ccc32)c1. The molecule has 3 rings (SSSR count). The number of halogens is 3. The molecule has 0 unspecified atom stereocenters. The number of benzene rings is 2. The first kappa shape index (κ1) is 18.8. The van der Waals surface area contributed by atoms with Crippen molar-refractivity contribution in [1.29, 1.82) is 0 Å². The molecule has 140 valence electrons. The van der Waals surface area contributed by atoms with Crippen molar-refractivity contribution in [2.45, 2.75) is 26.4 Å². The Labute approximate surface area is 155 Å². The number of fused-ring (bicyclic) bond motifs is 1. The van der Waals surface area contributed by atoms with E-state index >= 15 is 0 Å². The Balaban J connectivity index is 2.10. The number of anilines is 2. The van der Waals surface area contributed by atoms with Crippen LogP contribution < -0.4 is 4.90 Å². The maximum atomic E-state index is 13.0. The van der Waals surface area contributed by atoms with Crippen LogP contribution >= 0.6 is 0 Å². The molecule has 1 aliphatic rings. The van der Waals surface area contributed by atoms with Gasteiger partial charge in [-0.25, -0.2) is 4.79 Å². The number of rotatable bonds is 4. The van der Waals surface area contributed by atoms with Gasteiger partial charge in [-0.3, -0.25) is 0 Å². The van der Waals surface area contributed by atoms with Gasteiger partial charge in [0.15, 0.2) is 0 Å². The summed E-state index contributed by atoms with van der Waals surface area (Å²) in [5, 5.41) is 0.